The van der Waals surface area contributed by atoms with Crippen molar-refractivity contribution in [3.05, 3.63) is 35.0 Å². The lowest BCUT2D eigenvalue weighted by Crippen LogP contribution is -2.11. The van der Waals surface area contributed by atoms with Crippen LogP contribution in [0.25, 0.3) is 10.1 Å². The molecule has 0 spiro atoms. The van der Waals surface area contributed by atoms with Crippen molar-refractivity contribution in [3.63, 3.8) is 0 Å². The lowest BCUT2D eigenvalue weighted by molar-refractivity contribution is -0.141. The number of benzene rings is 1. The summed E-state index contributed by atoms with van der Waals surface area (Å²) in [5, 5.41) is 11.7. The van der Waals surface area contributed by atoms with Crippen molar-refractivity contribution in [1.29, 1.82) is 0 Å². The van der Waals surface area contributed by atoms with E-state index in [1.165, 1.54) is 23.5 Å². The molecule has 1 unspecified atom stereocenters. The molecule has 84 valence electrons. The standard InChI is InChI=1S/C12H11FO2S/c1-7(12(14)15)4-8-6-16-11-5-9(13)2-3-10(8)11/h2-3,5-7H,4H2,1H3,(H,14,15). The zero-order valence-corrected chi connectivity index (χ0v) is 9.55. The molecule has 1 aromatic carbocycles. The molecular weight excluding hydrogens is 227 g/mol. The highest BCUT2D eigenvalue weighted by atomic mass is 32.1. The molecule has 2 rings (SSSR count). The quantitative estimate of drug-likeness (QED) is 0.890. The Bertz CT molecular complexity index is 533. The fourth-order valence-corrected chi connectivity index (χ4v) is 2.63. The third-order valence-corrected chi connectivity index (χ3v) is 3.56. The highest BCUT2D eigenvalue weighted by Gasteiger charge is 2.14. The number of halogens is 1. The first kappa shape index (κ1) is 11.1. The third kappa shape index (κ3) is 2.07. The molecule has 1 heterocycles. The summed E-state index contributed by atoms with van der Waals surface area (Å²) in [5.74, 6) is -1.48. The van der Waals surface area contributed by atoms with Crippen LogP contribution < -0.4 is 0 Å². The van der Waals surface area contributed by atoms with E-state index in [1.54, 1.807) is 13.0 Å². The summed E-state index contributed by atoms with van der Waals surface area (Å²) in [6, 6.07) is 4.60. The van der Waals surface area contributed by atoms with E-state index in [0.29, 0.717) is 6.42 Å². The Balaban J connectivity index is 2.35. The van der Waals surface area contributed by atoms with Gasteiger partial charge in [-0.05, 0) is 34.9 Å². The van der Waals surface area contributed by atoms with Crippen molar-refractivity contribution >= 4 is 27.4 Å². The molecule has 1 aromatic heterocycles. The van der Waals surface area contributed by atoms with Crippen molar-refractivity contribution in [2.45, 2.75) is 13.3 Å². The Morgan fingerprint density at radius 3 is 3.00 bits per heavy atom. The number of carbonyl (C=O) groups is 1. The zero-order valence-electron chi connectivity index (χ0n) is 8.74. The first-order chi connectivity index (χ1) is 7.58. The van der Waals surface area contributed by atoms with E-state index in [-0.39, 0.29) is 5.82 Å². The Kier molecular flexibility index (Phi) is 2.92. The number of thiophene rings is 1. The number of hydrogen-bond acceptors (Lipinski definition) is 2. The minimum atomic E-state index is -0.804. The minimum Gasteiger partial charge on any atom is -0.481 e. The van der Waals surface area contributed by atoms with E-state index in [9.17, 15) is 9.18 Å². The summed E-state index contributed by atoms with van der Waals surface area (Å²) in [6.45, 7) is 1.68. The van der Waals surface area contributed by atoms with E-state index < -0.39 is 11.9 Å². The maximum Gasteiger partial charge on any atom is 0.306 e. The van der Waals surface area contributed by atoms with Gasteiger partial charge in [0, 0.05) is 4.70 Å². The molecule has 0 aliphatic rings. The van der Waals surface area contributed by atoms with Crippen LogP contribution in [0.15, 0.2) is 23.6 Å². The number of hydrogen-bond donors (Lipinski definition) is 1. The van der Waals surface area contributed by atoms with Crippen LogP contribution in [0.4, 0.5) is 4.39 Å². The molecule has 2 nitrogen and oxygen atoms in total. The third-order valence-electron chi connectivity index (χ3n) is 2.57. The zero-order chi connectivity index (χ0) is 11.7. The smallest absolute Gasteiger partial charge is 0.306 e. The molecule has 0 fully saturated rings. The van der Waals surface area contributed by atoms with Gasteiger partial charge in [0.15, 0.2) is 0 Å². The number of rotatable bonds is 3. The maximum absolute atomic E-state index is 12.9. The topological polar surface area (TPSA) is 37.3 Å². The molecule has 1 atom stereocenters. The normalized spacial score (nSPS) is 12.9. The lowest BCUT2D eigenvalue weighted by Gasteiger charge is -2.04. The molecule has 0 aliphatic carbocycles. The molecule has 16 heavy (non-hydrogen) atoms. The predicted octanol–water partition coefficient (Wildman–Crippen LogP) is 3.30. The van der Waals surface area contributed by atoms with E-state index in [4.69, 9.17) is 5.11 Å². The summed E-state index contributed by atoms with van der Waals surface area (Å²) < 4.78 is 13.8. The average molecular weight is 238 g/mol. The second kappa shape index (κ2) is 4.22. The molecule has 0 saturated heterocycles. The van der Waals surface area contributed by atoms with Crippen molar-refractivity contribution in [1.82, 2.24) is 0 Å². The average Bonchev–Trinajstić information content (AvgIpc) is 2.60. The fraction of sp³-hybridized carbons (Fsp3) is 0.250. The number of aliphatic carboxylic acids is 1. The van der Waals surface area contributed by atoms with Crippen molar-refractivity contribution in [2.75, 3.05) is 0 Å². The summed E-state index contributed by atoms with van der Waals surface area (Å²) >= 11 is 1.45. The number of carboxylic acid groups (broad SMARTS) is 1. The molecule has 0 bridgehead atoms. The highest BCUT2D eigenvalue weighted by molar-refractivity contribution is 7.17. The van der Waals surface area contributed by atoms with Crippen LogP contribution in [-0.2, 0) is 11.2 Å². The monoisotopic (exact) mass is 238 g/mol. The SMILES string of the molecule is CC(Cc1csc2cc(F)ccc12)C(=O)O. The van der Waals surface area contributed by atoms with Crippen LogP contribution in [0.1, 0.15) is 12.5 Å². The van der Waals surface area contributed by atoms with Crippen LogP contribution in [0.3, 0.4) is 0 Å². The van der Waals surface area contributed by atoms with Gasteiger partial charge in [0.25, 0.3) is 0 Å². The summed E-state index contributed by atoms with van der Waals surface area (Å²) in [7, 11) is 0. The van der Waals surface area contributed by atoms with E-state index in [0.717, 1.165) is 15.6 Å². The number of carboxylic acids is 1. The molecule has 0 aliphatic heterocycles. The van der Waals surface area contributed by atoms with Gasteiger partial charge in [-0.1, -0.05) is 13.0 Å². The predicted molar refractivity (Wildman–Crippen MR) is 62.3 cm³/mol. The second-order valence-electron chi connectivity index (χ2n) is 3.84. The van der Waals surface area contributed by atoms with Crippen molar-refractivity contribution in [3.8, 4) is 0 Å². The van der Waals surface area contributed by atoms with Gasteiger partial charge in [0.1, 0.15) is 5.82 Å². The van der Waals surface area contributed by atoms with E-state index in [2.05, 4.69) is 0 Å². The van der Waals surface area contributed by atoms with Gasteiger partial charge in [-0.25, -0.2) is 4.39 Å². The first-order valence-electron chi connectivity index (χ1n) is 4.96. The van der Waals surface area contributed by atoms with Crippen LogP contribution in [0.5, 0.6) is 0 Å². The van der Waals surface area contributed by atoms with Crippen molar-refractivity contribution < 1.29 is 14.3 Å². The van der Waals surface area contributed by atoms with E-state index >= 15 is 0 Å². The molecular formula is C12H11FO2S. The fourth-order valence-electron chi connectivity index (χ4n) is 1.63. The van der Waals surface area contributed by atoms with Crippen LogP contribution >= 0.6 is 11.3 Å². The first-order valence-corrected chi connectivity index (χ1v) is 5.84. The molecule has 0 radical (unpaired) electrons. The summed E-state index contributed by atoms with van der Waals surface area (Å²) in [4.78, 5) is 10.8. The molecule has 0 amide bonds. The van der Waals surface area contributed by atoms with Gasteiger partial charge in [-0.15, -0.1) is 11.3 Å². The Labute approximate surface area is 96.3 Å². The van der Waals surface area contributed by atoms with Crippen LogP contribution in [0, 0.1) is 11.7 Å². The molecule has 1 N–H and O–H groups in total. The second-order valence-corrected chi connectivity index (χ2v) is 4.76. The van der Waals surface area contributed by atoms with Crippen LogP contribution in [-0.4, -0.2) is 11.1 Å². The number of fused-ring (bicyclic) bond motifs is 1. The maximum atomic E-state index is 12.9. The van der Waals surface area contributed by atoms with Gasteiger partial charge in [0.2, 0.25) is 0 Å². The Hall–Kier alpha value is -1.42. The lowest BCUT2D eigenvalue weighted by atomic mass is 10.0. The van der Waals surface area contributed by atoms with Crippen molar-refractivity contribution in [2.24, 2.45) is 5.92 Å². The summed E-state index contributed by atoms with van der Waals surface area (Å²) in [5.41, 5.74) is 0.981. The van der Waals surface area contributed by atoms with Gasteiger partial charge in [-0.2, -0.15) is 0 Å². The van der Waals surface area contributed by atoms with Gasteiger partial charge >= 0.3 is 5.97 Å². The molecule has 4 heteroatoms. The van der Waals surface area contributed by atoms with Crippen LogP contribution in [0.2, 0.25) is 0 Å². The minimum absolute atomic E-state index is 0.257. The largest absolute Gasteiger partial charge is 0.481 e. The van der Waals surface area contributed by atoms with E-state index in [1.807, 2.05) is 5.38 Å². The summed E-state index contributed by atoms with van der Waals surface area (Å²) in [6.07, 6.45) is 0.487. The van der Waals surface area contributed by atoms with Gasteiger partial charge in [-0.3, -0.25) is 4.79 Å². The van der Waals surface area contributed by atoms with Gasteiger partial charge in [0.05, 0.1) is 5.92 Å². The Morgan fingerprint density at radius 2 is 2.31 bits per heavy atom. The Morgan fingerprint density at radius 1 is 1.56 bits per heavy atom. The molecule has 0 saturated carbocycles. The molecule has 2 aromatic rings. The highest BCUT2D eigenvalue weighted by Crippen LogP contribution is 2.28. The van der Waals surface area contributed by atoms with Gasteiger partial charge < -0.3 is 5.11 Å².